The molecule has 3 aromatic rings. The van der Waals surface area contributed by atoms with Crippen LogP contribution in [-0.4, -0.2) is 11.6 Å². The standard InChI is InChI=1S/C24H19Cl2N3O/c1-24(2)22(17-5-3-4-16(14-17)15-27)28(20-10-6-18(25)7-11-20)23(30)29(24)21-12-8-19(26)9-13-21/h3-14,22H,1-2H3. The van der Waals surface area contributed by atoms with E-state index in [0.717, 1.165) is 16.9 Å². The van der Waals surface area contributed by atoms with Crippen LogP contribution in [-0.2, 0) is 0 Å². The van der Waals surface area contributed by atoms with Gasteiger partial charge in [-0.15, -0.1) is 0 Å². The molecule has 1 heterocycles. The van der Waals surface area contributed by atoms with Gasteiger partial charge in [-0.1, -0.05) is 35.3 Å². The van der Waals surface area contributed by atoms with Crippen molar-refractivity contribution in [3.63, 3.8) is 0 Å². The van der Waals surface area contributed by atoms with Crippen LogP contribution >= 0.6 is 23.2 Å². The third kappa shape index (κ3) is 3.41. The lowest BCUT2D eigenvalue weighted by Gasteiger charge is -2.35. The van der Waals surface area contributed by atoms with Crippen molar-refractivity contribution in [1.29, 1.82) is 5.26 Å². The summed E-state index contributed by atoms with van der Waals surface area (Å²) in [4.78, 5) is 17.3. The van der Waals surface area contributed by atoms with E-state index < -0.39 is 5.54 Å². The summed E-state index contributed by atoms with van der Waals surface area (Å²) in [6.07, 6.45) is 0. The predicted octanol–water partition coefficient (Wildman–Crippen LogP) is 6.83. The number of hydrogen-bond donors (Lipinski definition) is 0. The summed E-state index contributed by atoms with van der Waals surface area (Å²) in [5, 5.41) is 10.6. The van der Waals surface area contributed by atoms with Gasteiger partial charge in [0.2, 0.25) is 0 Å². The van der Waals surface area contributed by atoms with Crippen LogP contribution in [0.1, 0.15) is 31.0 Å². The molecule has 0 radical (unpaired) electrons. The third-order valence-electron chi connectivity index (χ3n) is 5.42. The number of rotatable bonds is 3. The van der Waals surface area contributed by atoms with Crippen molar-refractivity contribution >= 4 is 40.6 Å². The monoisotopic (exact) mass is 435 g/mol. The highest BCUT2D eigenvalue weighted by atomic mass is 35.5. The zero-order chi connectivity index (χ0) is 21.5. The lowest BCUT2D eigenvalue weighted by Crippen LogP contribution is -2.43. The van der Waals surface area contributed by atoms with Gasteiger partial charge in [-0.3, -0.25) is 9.80 Å². The summed E-state index contributed by atoms with van der Waals surface area (Å²) in [5.41, 5.74) is 2.32. The lowest BCUT2D eigenvalue weighted by atomic mass is 9.87. The Morgan fingerprint density at radius 2 is 1.47 bits per heavy atom. The van der Waals surface area contributed by atoms with E-state index in [-0.39, 0.29) is 12.1 Å². The number of nitriles is 1. The average Bonchev–Trinajstić information content (AvgIpc) is 2.94. The number of anilines is 2. The van der Waals surface area contributed by atoms with Crippen LogP contribution in [0.5, 0.6) is 0 Å². The Labute approximate surface area is 185 Å². The molecule has 30 heavy (non-hydrogen) atoms. The second-order valence-corrected chi connectivity index (χ2v) is 8.61. The molecule has 1 saturated heterocycles. The fourth-order valence-corrected chi connectivity index (χ4v) is 4.38. The SMILES string of the molecule is CC1(C)C(c2cccc(C#N)c2)N(c2ccc(Cl)cc2)C(=O)N1c1ccc(Cl)cc1. The fourth-order valence-electron chi connectivity index (χ4n) is 4.13. The fraction of sp³-hybridized carbons (Fsp3) is 0.167. The molecule has 0 spiro atoms. The van der Waals surface area contributed by atoms with Crippen molar-refractivity contribution in [1.82, 2.24) is 0 Å². The molecule has 1 unspecified atom stereocenters. The molecule has 1 aliphatic rings. The van der Waals surface area contributed by atoms with E-state index in [1.54, 1.807) is 40.1 Å². The quantitative estimate of drug-likeness (QED) is 0.452. The lowest BCUT2D eigenvalue weighted by molar-refractivity contribution is 0.254. The van der Waals surface area contributed by atoms with E-state index in [9.17, 15) is 10.1 Å². The molecular formula is C24H19Cl2N3O. The first-order valence-electron chi connectivity index (χ1n) is 9.47. The maximum atomic E-state index is 13.8. The average molecular weight is 436 g/mol. The minimum atomic E-state index is -0.612. The largest absolute Gasteiger partial charge is 0.330 e. The molecule has 2 amide bonds. The highest BCUT2D eigenvalue weighted by Gasteiger charge is 2.53. The van der Waals surface area contributed by atoms with Crippen LogP contribution in [0.25, 0.3) is 0 Å². The van der Waals surface area contributed by atoms with Gasteiger partial charge in [-0.2, -0.15) is 5.26 Å². The third-order valence-corrected chi connectivity index (χ3v) is 5.93. The molecule has 4 rings (SSSR count). The van der Waals surface area contributed by atoms with Crippen molar-refractivity contribution in [2.45, 2.75) is 25.4 Å². The second-order valence-electron chi connectivity index (χ2n) is 7.73. The van der Waals surface area contributed by atoms with E-state index in [1.165, 1.54) is 0 Å². The van der Waals surface area contributed by atoms with Gasteiger partial charge in [0.15, 0.2) is 0 Å². The molecule has 6 heteroatoms. The van der Waals surface area contributed by atoms with Crippen LogP contribution in [0, 0.1) is 11.3 Å². The number of nitrogens with zero attached hydrogens (tertiary/aromatic N) is 3. The van der Waals surface area contributed by atoms with Crippen LogP contribution < -0.4 is 9.80 Å². The van der Waals surface area contributed by atoms with Crippen molar-refractivity contribution in [3.8, 4) is 6.07 Å². The molecule has 0 N–H and O–H groups in total. The van der Waals surface area contributed by atoms with Crippen LogP contribution in [0.3, 0.4) is 0 Å². The molecular weight excluding hydrogens is 417 g/mol. The number of carbonyl (C=O) groups excluding carboxylic acids is 1. The molecule has 0 aliphatic carbocycles. The Kier molecular flexibility index (Phi) is 5.19. The Bertz CT molecular complexity index is 1130. The zero-order valence-electron chi connectivity index (χ0n) is 16.5. The van der Waals surface area contributed by atoms with Gasteiger partial charge in [-0.05, 0) is 80.1 Å². The predicted molar refractivity (Wildman–Crippen MR) is 121 cm³/mol. The van der Waals surface area contributed by atoms with E-state index in [4.69, 9.17) is 23.2 Å². The summed E-state index contributed by atoms with van der Waals surface area (Å²) in [6, 6.07) is 23.6. The van der Waals surface area contributed by atoms with Crippen LogP contribution in [0.15, 0.2) is 72.8 Å². The number of benzene rings is 3. The topological polar surface area (TPSA) is 47.3 Å². The molecule has 4 nitrogen and oxygen atoms in total. The van der Waals surface area contributed by atoms with E-state index >= 15 is 0 Å². The maximum Gasteiger partial charge on any atom is 0.330 e. The first-order chi connectivity index (χ1) is 14.3. The molecule has 1 aliphatic heterocycles. The summed E-state index contributed by atoms with van der Waals surface area (Å²) >= 11 is 12.1. The Morgan fingerprint density at radius 3 is 2.03 bits per heavy atom. The smallest absolute Gasteiger partial charge is 0.286 e. The Hall–Kier alpha value is -3.00. The maximum absolute atomic E-state index is 13.8. The molecule has 0 saturated carbocycles. The van der Waals surface area contributed by atoms with Gasteiger partial charge < -0.3 is 0 Å². The van der Waals surface area contributed by atoms with Gasteiger partial charge in [0, 0.05) is 21.4 Å². The Balaban J connectivity index is 1.90. The van der Waals surface area contributed by atoms with Crippen molar-refractivity contribution < 1.29 is 4.79 Å². The highest BCUT2D eigenvalue weighted by molar-refractivity contribution is 6.31. The van der Waals surface area contributed by atoms with Crippen LogP contribution in [0.4, 0.5) is 16.2 Å². The minimum absolute atomic E-state index is 0.156. The molecule has 0 aromatic heterocycles. The van der Waals surface area contributed by atoms with E-state index in [0.29, 0.717) is 15.6 Å². The number of amides is 2. The van der Waals surface area contributed by atoms with E-state index in [1.807, 2.05) is 56.3 Å². The number of hydrogen-bond acceptors (Lipinski definition) is 2. The van der Waals surface area contributed by atoms with Crippen LogP contribution in [0.2, 0.25) is 10.0 Å². The first kappa shape index (κ1) is 20.3. The molecule has 3 aromatic carbocycles. The summed E-state index contributed by atoms with van der Waals surface area (Å²) in [7, 11) is 0. The van der Waals surface area contributed by atoms with E-state index in [2.05, 4.69) is 6.07 Å². The summed E-state index contributed by atoms with van der Waals surface area (Å²) in [6.45, 7) is 4.05. The number of carbonyl (C=O) groups is 1. The van der Waals surface area contributed by atoms with Gasteiger partial charge >= 0.3 is 6.03 Å². The van der Waals surface area contributed by atoms with Gasteiger partial charge in [-0.25, -0.2) is 4.79 Å². The summed E-state index contributed by atoms with van der Waals surface area (Å²) in [5.74, 6) is 0. The normalized spacial score (nSPS) is 17.8. The highest BCUT2D eigenvalue weighted by Crippen LogP contribution is 2.47. The van der Waals surface area contributed by atoms with Gasteiger partial charge in [0.05, 0.1) is 23.2 Å². The van der Waals surface area contributed by atoms with Gasteiger partial charge in [0.25, 0.3) is 0 Å². The minimum Gasteiger partial charge on any atom is -0.286 e. The number of halogens is 2. The zero-order valence-corrected chi connectivity index (χ0v) is 18.0. The molecule has 1 atom stereocenters. The molecule has 150 valence electrons. The second kappa shape index (κ2) is 7.68. The van der Waals surface area contributed by atoms with Crippen molar-refractivity contribution in [2.24, 2.45) is 0 Å². The number of urea groups is 1. The van der Waals surface area contributed by atoms with Crippen molar-refractivity contribution in [3.05, 3.63) is 94.0 Å². The molecule has 0 bridgehead atoms. The van der Waals surface area contributed by atoms with Crippen molar-refractivity contribution in [2.75, 3.05) is 9.80 Å². The Morgan fingerprint density at radius 1 is 0.900 bits per heavy atom. The summed E-state index contributed by atoms with van der Waals surface area (Å²) < 4.78 is 0. The molecule has 1 fully saturated rings. The first-order valence-corrected chi connectivity index (χ1v) is 10.2. The van der Waals surface area contributed by atoms with Gasteiger partial charge in [0.1, 0.15) is 0 Å².